The Morgan fingerprint density at radius 3 is 2.81 bits per heavy atom. The fraction of sp³-hybridized carbons (Fsp3) is 0.0909. The van der Waals surface area contributed by atoms with E-state index in [2.05, 4.69) is 15.4 Å². The van der Waals surface area contributed by atoms with Gasteiger partial charge in [-0.05, 0) is 12.1 Å². The van der Waals surface area contributed by atoms with Crippen molar-refractivity contribution in [2.75, 3.05) is 12.5 Å². The number of rotatable bonds is 3. The highest BCUT2D eigenvalue weighted by molar-refractivity contribution is 5.68. The first-order valence-corrected chi connectivity index (χ1v) is 4.77. The third kappa shape index (κ3) is 1.94. The van der Waals surface area contributed by atoms with Gasteiger partial charge in [0.1, 0.15) is 17.9 Å². The zero-order chi connectivity index (χ0) is 11.4. The van der Waals surface area contributed by atoms with Crippen LogP contribution in [-0.2, 0) is 0 Å². The molecule has 0 saturated heterocycles. The maximum Gasteiger partial charge on any atom is 0.143 e. The van der Waals surface area contributed by atoms with Gasteiger partial charge in [0.05, 0.1) is 12.8 Å². The molecule has 0 spiro atoms. The van der Waals surface area contributed by atoms with E-state index in [1.54, 1.807) is 13.2 Å². The maximum absolute atomic E-state index is 5.30. The molecule has 0 aliphatic rings. The lowest BCUT2D eigenvalue weighted by atomic mass is 10.1. The Balaban J connectivity index is 2.49. The molecule has 0 amide bonds. The Labute approximate surface area is 93.3 Å². The van der Waals surface area contributed by atoms with Crippen LogP contribution in [0.15, 0.2) is 36.7 Å². The van der Waals surface area contributed by atoms with Crippen LogP contribution in [0.5, 0.6) is 5.75 Å². The number of ether oxygens (including phenoxy) is 1. The lowest BCUT2D eigenvalue weighted by molar-refractivity contribution is 0.416. The first kappa shape index (κ1) is 10.4. The van der Waals surface area contributed by atoms with Crippen molar-refractivity contribution in [2.45, 2.75) is 0 Å². The lowest BCUT2D eigenvalue weighted by Gasteiger charge is -2.07. The monoisotopic (exact) mass is 216 g/mol. The van der Waals surface area contributed by atoms with Gasteiger partial charge in [0, 0.05) is 11.6 Å². The molecule has 0 aliphatic heterocycles. The second-order valence-electron chi connectivity index (χ2n) is 3.13. The molecule has 5 heteroatoms. The zero-order valence-electron chi connectivity index (χ0n) is 8.84. The largest absolute Gasteiger partial charge is 0.496 e. The molecule has 2 rings (SSSR count). The number of nitrogens with zero attached hydrogens (tertiary/aromatic N) is 2. The van der Waals surface area contributed by atoms with Crippen molar-refractivity contribution in [1.82, 2.24) is 9.97 Å². The molecule has 0 radical (unpaired) electrons. The van der Waals surface area contributed by atoms with Crippen LogP contribution in [0.25, 0.3) is 11.3 Å². The fourth-order valence-corrected chi connectivity index (χ4v) is 1.44. The summed E-state index contributed by atoms with van der Waals surface area (Å²) < 4.78 is 5.26. The molecule has 16 heavy (non-hydrogen) atoms. The lowest BCUT2D eigenvalue weighted by Crippen LogP contribution is -2.08. The van der Waals surface area contributed by atoms with Crippen LogP contribution in [-0.4, -0.2) is 17.1 Å². The summed E-state index contributed by atoms with van der Waals surface area (Å²) >= 11 is 0. The third-order valence-corrected chi connectivity index (χ3v) is 2.20. The summed E-state index contributed by atoms with van der Waals surface area (Å²) in [5.74, 6) is 6.63. The van der Waals surface area contributed by atoms with Gasteiger partial charge in [-0.25, -0.2) is 15.8 Å². The number of nitrogen functional groups attached to an aromatic ring is 1. The topological polar surface area (TPSA) is 73.1 Å². The van der Waals surface area contributed by atoms with E-state index < -0.39 is 0 Å². The minimum absolute atomic E-state index is 0.566. The van der Waals surface area contributed by atoms with Gasteiger partial charge in [-0.2, -0.15) is 0 Å². The van der Waals surface area contributed by atoms with Crippen LogP contribution in [0.3, 0.4) is 0 Å². The van der Waals surface area contributed by atoms with Crippen LogP contribution in [0.2, 0.25) is 0 Å². The second-order valence-corrected chi connectivity index (χ2v) is 3.13. The molecule has 5 nitrogen and oxygen atoms in total. The third-order valence-electron chi connectivity index (χ3n) is 2.20. The van der Waals surface area contributed by atoms with E-state index in [4.69, 9.17) is 10.6 Å². The first-order chi connectivity index (χ1) is 7.85. The van der Waals surface area contributed by atoms with Gasteiger partial charge < -0.3 is 10.2 Å². The van der Waals surface area contributed by atoms with Crippen molar-refractivity contribution in [3.05, 3.63) is 36.7 Å². The highest BCUT2D eigenvalue weighted by Gasteiger charge is 2.06. The number of benzene rings is 1. The molecule has 2 aromatic rings. The molecular weight excluding hydrogens is 204 g/mol. The quantitative estimate of drug-likeness (QED) is 0.600. The van der Waals surface area contributed by atoms with Crippen LogP contribution < -0.4 is 16.0 Å². The molecule has 82 valence electrons. The Hall–Kier alpha value is -2.14. The van der Waals surface area contributed by atoms with Crippen molar-refractivity contribution in [2.24, 2.45) is 5.84 Å². The summed E-state index contributed by atoms with van der Waals surface area (Å²) in [6.07, 6.45) is 1.46. The number of nitrogens with two attached hydrogens (primary N) is 1. The molecule has 0 fully saturated rings. The highest BCUT2D eigenvalue weighted by Crippen LogP contribution is 2.28. The number of nitrogens with one attached hydrogen (secondary N) is 1. The van der Waals surface area contributed by atoms with Gasteiger partial charge in [-0.1, -0.05) is 12.1 Å². The molecule has 0 bridgehead atoms. The molecule has 1 aromatic heterocycles. The van der Waals surface area contributed by atoms with Gasteiger partial charge >= 0.3 is 0 Å². The molecule has 1 aromatic carbocycles. The number of methoxy groups -OCH3 is 1. The summed E-state index contributed by atoms with van der Waals surface area (Å²) in [5, 5.41) is 0. The predicted octanol–water partition coefficient (Wildman–Crippen LogP) is 1.44. The SMILES string of the molecule is COc1ccccc1-c1cc(NN)ncn1. The van der Waals surface area contributed by atoms with E-state index in [0.717, 1.165) is 17.0 Å². The van der Waals surface area contributed by atoms with Gasteiger partial charge in [0.25, 0.3) is 0 Å². The number of hydrogen-bond acceptors (Lipinski definition) is 5. The highest BCUT2D eigenvalue weighted by atomic mass is 16.5. The van der Waals surface area contributed by atoms with E-state index in [0.29, 0.717) is 5.82 Å². The number of anilines is 1. The van der Waals surface area contributed by atoms with Crippen LogP contribution in [0, 0.1) is 0 Å². The van der Waals surface area contributed by atoms with E-state index in [1.165, 1.54) is 6.33 Å². The molecule has 3 N–H and O–H groups in total. The molecule has 0 saturated carbocycles. The normalized spacial score (nSPS) is 9.88. The smallest absolute Gasteiger partial charge is 0.143 e. The maximum atomic E-state index is 5.30. The summed E-state index contributed by atoms with van der Waals surface area (Å²) in [4.78, 5) is 8.13. The average molecular weight is 216 g/mol. The standard InChI is InChI=1S/C11H12N4O/c1-16-10-5-3-2-4-8(10)9-6-11(15-12)14-7-13-9/h2-7H,12H2,1H3,(H,13,14,15). The first-order valence-electron chi connectivity index (χ1n) is 4.77. The van der Waals surface area contributed by atoms with E-state index in [1.807, 2.05) is 24.3 Å². The summed E-state index contributed by atoms with van der Waals surface area (Å²) in [5.41, 5.74) is 4.15. The Bertz CT molecular complexity index is 487. The Kier molecular flexibility index (Phi) is 2.98. The summed E-state index contributed by atoms with van der Waals surface area (Å²) in [7, 11) is 1.63. The minimum Gasteiger partial charge on any atom is -0.496 e. The van der Waals surface area contributed by atoms with Crippen molar-refractivity contribution in [1.29, 1.82) is 0 Å². The molecular formula is C11H12N4O. The van der Waals surface area contributed by atoms with Gasteiger partial charge in [-0.15, -0.1) is 0 Å². The molecule has 0 aliphatic carbocycles. The van der Waals surface area contributed by atoms with E-state index >= 15 is 0 Å². The van der Waals surface area contributed by atoms with Gasteiger partial charge in [0.15, 0.2) is 0 Å². The summed E-state index contributed by atoms with van der Waals surface area (Å²) in [6.45, 7) is 0. The summed E-state index contributed by atoms with van der Waals surface area (Å²) in [6, 6.07) is 9.41. The average Bonchev–Trinajstić information content (AvgIpc) is 2.38. The van der Waals surface area contributed by atoms with Crippen molar-refractivity contribution < 1.29 is 4.74 Å². The Morgan fingerprint density at radius 1 is 1.25 bits per heavy atom. The zero-order valence-corrected chi connectivity index (χ0v) is 8.84. The van der Waals surface area contributed by atoms with Crippen LogP contribution in [0.4, 0.5) is 5.82 Å². The van der Waals surface area contributed by atoms with E-state index in [-0.39, 0.29) is 0 Å². The second kappa shape index (κ2) is 4.59. The molecule has 0 atom stereocenters. The predicted molar refractivity (Wildman–Crippen MR) is 61.8 cm³/mol. The number of para-hydroxylation sites is 1. The fourth-order valence-electron chi connectivity index (χ4n) is 1.44. The van der Waals surface area contributed by atoms with Crippen LogP contribution >= 0.6 is 0 Å². The van der Waals surface area contributed by atoms with E-state index in [9.17, 15) is 0 Å². The number of hydrazine groups is 1. The Morgan fingerprint density at radius 2 is 2.06 bits per heavy atom. The molecule has 0 unspecified atom stereocenters. The molecule has 1 heterocycles. The van der Waals surface area contributed by atoms with Crippen molar-refractivity contribution in [3.8, 4) is 17.0 Å². The van der Waals surface area contributed by atoms with Crippen molar-refractivity contribution in [3.63, 3.8) is 0 Å². The van der Waals surface area contributed by atoms with Gasteiger partial charge in [0.2, 0.25) is 0 Å². The minimum atomic E-state index is 0.566. The van der Waals surface area contributed by atoms with Gasteiger partial charge in [-0.3, -0.25) is 0 Å². The van der Waals surface area contributed by atoms with Crippen molar-refractivity contribution >= 4 is 5.82 Å². The number of aromatic nitrogens is 2. The number of hydrogen-bond donors (Lipinski definition) is 2. The van der Waals surface area contributed by atoms with Crippen LogP contribution in [0.1, 0.15) is 0 Å².